The van der Waals surface area contributed by atoms with Crippen molar-refractivity contribution in [1.82, 2.24) is 5.32 Å². The molecule has 0 saturated heterocycles. The van der Waals surface area contributed by atoms with Gasteiger partial charge >= 0.3 is 5.97 Å². The summed E-state index contributed by atoms with van der Waals surface area (Å²) in [5.41, 5.74) is 0. The number of thioether (sulfide) groups is 1. The van der Waals surface area contributed by atoms with E-state index in [-0.39, 0.29) is 11.2 Å². The van der Waals surface area contributed by atoms with Gasteiger partial charge in [-0.25, -0.2) is 0 Å². The maximum Gasteiger partial charge on any atom is 0.302 e. The lowest BCUT2D eigenvalue weighted by Crippen LogP contribution is -2.21. The van der Waals surface area contributed by atoms with E-state index in [2.05, 4.69) is 19.2 Å². The Morgan fingerprint density at radius 3 is 2.62 bits per heavy atom. The predicted molar refractivity (Wildman–Crippen MR) is 66.6 cm³/mol. The Kier molecular flexibility index (Phi) is 9.09. The average molecular weight is 247 g/mol. The van der Waals surface area contributed by atoms with Gasteiger partial charge in [-0.2, -0.15) is 0 Å². The van der Waals surface area contributed by atoms with Crippen LogP contribution in [0.5, 0.6) is 0 Å². The highest BCUT2D eigenvalue weighted by Crippen LogP contribution is 2.04. The quantitative estimate of drug-likeness (QED) is 0.554. The molecule has 0 spiro atoms. The van der Waals surface area contributed by atoms with Gasteiger partial charge in [-0.15, -0.1) is 0 Å². The number of nitrogens with one attached hydrogen (secondary N) is 1. The molecule has 0 aliphatic carbocycles. The number of rotatable bonds is 7. The number of carbonyl (C=O) groups is 2. The molecule has 1 amide bonds. The Labute approximate surface area is 101 Å². The first-order valence-corrected chi connectivity index (χ1v) is 6.55. The summed E-state index contributed by atoms with van der Waals surface area (Å²) in [4.78, 5) is 21.7. The van der Waals surface area contributed by atoms with Gasteiger partial charge in [0.15, 0.2) is 0 Å². The first kappa shape index (κ1) is 15.3. The Hall–Kier alpha value is -0.710. The van der Waals surface area contributed by atoms with Crippen LogP contribution in [0.25, 0.3) is 0 Å². The molecular weight excluding hydrogens is 226 g/mol. The van der Waals surface area contributed by atoms with Gasteiger partial charge in [0.2, 0.25) is 0 Å². The lowest BCUT2D eigenvalue weighted by atomic mass is 10.1. The van der Waals surface area contributed by atoms with E-state index >= 15 is 0 Å². The van der Waals surface area contributed by atoms with Crippen molar-refractivity contribution < 1.29 is 14.3 Å². The summed E-state index contributed by atoms with van der Waals surface area (Å²) in [6.07, 6.45) is 2.13. The summed E-state index contributed by atoms with van der Waals surface area (Å²) < 4.78 is 4.71. The molecule has 0 aliphatic heterocycles. The Balaban J connectivity index is 3.28. The molecule has 0 aliphatic rings. The molecular formula is C11H21NO3S. The van der Waals surface area contributed by atoms with E-state index in [0.717, 1.165) is 31.1 Å². The second kappa shape index (κ2) is 9.51. The van der Waals surface area contributed by atoms with E-state index in [1.165, 1.54) is 6.92 Å². The minimum Gasteiger partial charge on any atom is -0.465 e. The Morgan fingerprint density at radius 2 is 2.06 bits per heavy atom. The van der Waals surface area contributed by atoms with Gasteiger partial charge in [0.1, 0.15) is 6.61 Å². The fourth-order valence-electron chi connectivity index (χ4n) is 1.07. The van der Waals surface area contributed by atoms with Crippen LogP contribution in [0.3, 0.4) is 0 Å². The SMILES string of the molecule is CC(=O)OCCSC(=O)NCCCC(C)C. The third-order valence-corrected chi connectivity index (χ3v) is 2.63. The summed E-state index contributed by atoms with van der Waals surface area (Å²) in [5.74, 6) is 0.877. The first-order chi connectivity index (χ1) is 7.52. The highest BCUT2D eigenvalue weighted by atomic mass is 32.2. The van der Waals surface area contributed by atoms with Crippen LogP contribution in [0.15, 0.2) is 0 Å². The molecule has 4 nitrogen and oxygen atoms in total. The van der Waals surface area contributed by atoms with Gasteiger partial charge in [-0.1, -0.05) is 25.6 Å². The maximum atomic E-state index is 11.2. The molecule has 5 heteroatoms. The molecule has 0 bridgehead atoms. The molecule has 0 aromatic rings. The van der Waals surface area contributed by atoms with Crippen molar-refractivity contribution in [2.75, 3.05) is 18.9 Å². The largest absolute Gasteiger partial charge is 0.465 e. The molecule has 0 unspecified atom stereocenters. The third-order valence-electron chi connectivity index (χ3n) is 1.85. The number of carbonyl (C=O) groups excluding carboxylic acids is 2. The molecule has 1 N–H and O–H groups in total. The molecule has 0 rings (SSSR count). The second-order valence-electron chi connectivity index (χ2n) is 3.94. The van der Waals surface area contributed by atoms with Gasteiger partial charge in [-0.05, 0) is 18.8 Å². The monoisotopic (exact) mass is 247 g/mol. The topological polar surface area (TPSA) is 55.4 Å². The van der Waals surface area contributed by atoms with Crippen LogP contribution in [0.1, 0.15) is 33.6 Å². The van der Waals surface area contributed by atoms with E-state index < -0.39 is 0 Å². The first-order valence-electron chi connectivity index (χ1n) is 5.56. The van der Waals surface area contributed by atoms with Crippen molar-refractivity contribution in [2.45, 2.75) is 33.6 Å². The smallest absolute Gasteiger partial charge is 0.302 e. The fraction of sp³-hybridized carbons (Fsp3) is 0.818. The molecule has 0 atom stereocenters. The molecule has 94 valence electrons. The number of hydrogen-bond donors (Lipinski definition) is 1. The third kappa shape index (κ3) is 11.4. The lowest BCUT2D eigenvalue weighted by Gasteiger charge is -2.06. The zero-order valence-corrected chi connectivity index (χ0v) is 11.1. The van der Waals surface area contributed by atoms with E-state index in [1.807, 2.05) is 0 Å². The summed E-state index contributed by atoms with van der Waals surface area (Å²) in [6.45, 7) is 6.69. The van der Waals surface area contributed by atoms with Crippen LogP contribution in [-0.2, 0) is 9.53 Å². The Morgan fingerprint density at radius 1 is 1.38 bits per heavy atom. The highest BCUT2D eigenvalue weighted by Gasteiger charge is 2.02. The van der Waals surface area contributed by atoms with Gasteiger partial charge in [0, 0.05) is 19.2 Å². The number of amides is 1. The lowest BCUT2D eigenvalue weighted by molar-refractivity contribution is -0.140. The van der Waals surface area contributed by atoms with Crippen LogP contribution in [0.4, 0.5) is 4.79 Å². The minimum absolute atomic E-state index is 0.0455. The summed E-state index contributed by atoms with van der Waals surface area (Å²) >= 11 is 1.15. The van der Waals surface area contributed by atoms with Crippen LogP contribution in [0.2, 0.25) is 0 Å². The van der Waals surface area contributed by atoms with Crippen LogP contribution in [-0.4, -0.2) is 30.1 Å². The van der Waals surface area contributed by atoms with E-state index in [1.54, 1.807) is 0 Å². The summed E-state index contributed by atoms with van der Waals surface area (Å²) in [6, 6.07) is 0. The van der Waals surface area contributed by atoms with Gasteiger partial charge < -0.3 is 10.1 Å². The molecule has 0 aromatic heterocycles. The normalized spacial score (nSPS) is 10.2. The molecule has 0 fully saturated rings. The summed E-state index contributed by atoms with van der Waals surface area (Å²) in [5, 5.41) is 2.76. The molecule has 16 heavy (non-hydrogen) atoms. The average Bonchev–Trinajstić information content (AvgIpc) is 2.19. The van der Waals surface area contributed by atoms with Crippen LogP contribution < -0.4 is 5.32 Å². The highest BCUT2D eigenvalue weighted by molar-refractivity contribution is 8.13. The molecule has 0 aromatic carbocycles. The number of esters is 1. The Bertz CT molecular complexity index is 219. The van der Waals surface area contributed by atoms with E-state index in [9.17, 15) is 9.59 Å². The minimum atomic E-state index is -0.307. The number of hydrogen-bond acceptors (Lipinski definition) is 4. The van der Waals surface area contributed by atoms with Crippen molar-refractivity contribution in [3.63, 3.8) is 0 Å². The second-order valence-corrected chi connectivity index (χ2v) is 5.01. The maximum absolute atomic E-state index is 11.2. The van der Waals surface area contributed by atoms with Gasteiger partial charge in [0.05, 0.1) is 0 Å². The van der Waals surface area contributed by atoms with E-state index in [4.69, 9.17) is 4.74 Å². The summed E-state index contributed by atoms with van der Waals surface area (Å²) in [7, 11) is 0. The molecule has 0 radical (unpaired) electrons. The van der Waals surface area contributed by atoms with E-state index in [0.29, 0.717) is 18.3 Å². The van der Waals surface area contributed by atoms with Crippen molar-refractivity contribution in [1.29, 1.82) is 0 Å². The number of ether oxygens (including phenoxy) is 1. The van der Waals surface area contributed by atoms with Gasteiger partial charge in [0.25, 0.3) is 5.24 Å². The van der Waals surface area contributed by atoms with Crippen molar-refractivity contribution >= 4 is 23.0 Å². The standard InChI is InChI=1S/C11H21NO3S/c1-9(2)5-4-6-12-11(14)16-8-7-15-10(3)13/h9H,4-8H2,1-3H3,(H,12,14). The van der Waals surface area contributed by atoms with Gasteiger partial charge in [-0.3, -0.25) is 9.59 Å². The molecule has 0 saturated carbocycles. The predicted octanol–water partition coefficient (Wildman–Crippen LogP) is 2.43. The molecule has 0 heterocycles. The van der Waals surface area contributed by atoms with Crippen molar-refractivity contribution in [3.8, 4) is 0 Å². The van der Waals surface area contributed by atoms with Crippen LogP contribution in [0, 0.1) is 5.92 Å². The fourth-order valence-corrected chi connectivity index (χ4v) is 1.63. The van der Waals surface area contributed by atoms with Crippen molar-refractivity contribution in [3.05, 3.63) is 0 Å². The van der Waals surface area contributed by atoms with Crippen LogP contribution >= 0.6 is 11.8 Å². The zero-order valence-electron chi connectivity index (χ0n) is 10.2. The van der Waals surface area contributed by atoms with Crippen molar-refractivity contribution in [2.24, 2.45) is 5.92 Å². The zero-order chi connectivity index (χ0) is 12.4.